The summed E-state index contributed by atoms with van der Waals surface area (Å²) >= 11 is 15.2. The van der Waals surface area contributed by atoms with Crippen LogP contribution in [0, 0.1) is 0 Å². The minimum absolute atomic E-state index is 0.286. The molecular weight excluding hydrogens is 401 g/mol. The minimum atomic E-state index is -0.286. The molecule has 0 aliphatic rings. The SMILES string of the molecule is CCOc1ccc(Br)cc1C=CC(=O)Nc1cc(Cl)cc(Cl)c1. The average molecular weight is 415 g/mol. The second kappa shape index (κ2) is 8.39. The summed E-state index contributed by atoms with van der Waals surface area (Å²) in [7, 11) is 0. The third kappa shape index (κ3) is 5.57. The fourth-order valence-corrected chi connectivity index (χ4v) is 2.82. The molecule has 0 aliphatic carbocycles. The maximum atomic E-state index is 12.0. The van der Waals surface area contributed by atoms with Crippen molar-refractivity contribution in [1.82, 2.24) is 0 Å². The highest BCUT2D eigenvalue weighted by molar-refractivity contribution is 9.10. The Hall–Kier alpha value is -1.49. The number of ether oxygens (including phenoxy) is 1. The monoisotopic (exact) mass is 413 g/mol. The molecule has 1 N–H and O–H groups in total. The van der Waals surface area contributed by atoms with E-state index >= 15 is 0 Å². The van der Waals surface area contributed by atoms with Gasteiger partial charge in [0.05, 0.1) is 6.61 Å². The third-order valence-electron chi connectivity index (χ3n) is 2.82. The van der Waals surface area contributed by atoms with Crippen molar-refractivity contribution in [2.45, 2.75) is 6.92 Å². The van der Waals surface area contributed by atoms with Gasteiger partial charge in [0, 0.05) is 31.8 Å². The Bertz CT molecular complexity index is 727. The van der Waals surface area contributed by atoms with Crippen LogP contribution in [0.5, 0.6) is 5.75 Å². The predicted octanol–water partition coefficient (Wildman–Crippen LogP) is 5.81. The molecule has 0 aromatic heterocycles. The number of carbonyl (C=O) groups excluding carboxylic acids is 1. The van der Waals surface area contributed by atoms with Gasteiger partial charge in [0.25, 0.3) is 0 Å². The number of nitrogens with one attached hydrogen (secondary N) is 1. The first-order valence-corrected chi connectivity index (χ1v) is 8.40. The van der Waals surface area contributed by atoms with Gasteiger partial charge >= 0.3 is 0 Å². The molecule has 0 radical (unpaired) electrons. The number of amides is 1. The van der Waals surface area contributed by atoms with Crippen LogP contribution in [-0.2, 0) is 4.79 Å². The number of carbonyl (C=O) groups is 1. The molecule has 1 amide bonds. The molecule has 0 saturated carbocycles. The lowest BCUT2D eigenvalue weighted by molar-refractivity contribution is -0.111. The van der Waals surface area contributed by atoms with Crippen LogP contribution in [0.15, 0.2) is 46.9 Å². The van der Waals surface area contributed by atoms with Crippen molar-refractivity contribution in [3.05, 3.63) is 62.6 Å². The molecule has 0 spiro atoms. The highest BCUT2D eigenvalue weighted by atomic mass is 79.9. The van der Waals surface area contributed by atoms with Crippen molar-refractivity contribution in [3.8, 4) is 5.75 Å². The molecule has 3 nitrogen and oxygen atoms in total. The molecule has 2 aromatic rings. The Balaban J connectivity index is 2.13. The smallest absolute Gasteiger partial charge is 0.248 e. The minimum Gasteiger partial charge on any atom is -0.493 e. The summed E-state index contributed by atoms with van der Waals surface area (Å²) < 4.78 is 6.44. The highest BCUT2D eigenvalue weighted by Gasteiger charge is 2.04. The van der Waals surface area contributed by atoms with Crippen molar-refractivity contribution >= 4 is 56.8 Å². The van der Waals surface area contributed by atoms with E-state index in [2.05, 4.69) is 21.2 Å². The molecule has 2 aromatic carbocycles. The molecule has 0 fully saturated rings. The Labute approximate surface area is 153 Å². The Morgan fingerprint density at radius 3 is 2.57 bits per heavy atom. The maximum Gasteiger partial charge on any atom is 0.248 e. The molecule has 23 heavy (non-hydrogen) atoms. The molecule has 0 aliphatic heterocycles. The van der Waals surface area contributed by atoms with Crippen LogP contribution < -0.4 is 10.1 Å². The Kier molecular flexibility index (Phi) is 6.51. The van der Waals surface area contributed by atoms with Crippen LogP contribution in [0.2, 0.25) is 10.0 Å². The van der Waals surface area contributed by atoms with E-state index in [1.807, 2.05) is 25.1 Å². The standard InChI is InChI=1S/C17H14BrCl2NO2/c1-2-23-16-5-4-12(18)7-11(16)3-6-17(22)21-15-9-13(19)8-14(20)10-15/h3-10H,2H2,1H3,(H,21,22). The average Bonchev–Trinajstić information content (AvgIpc) is 2.46. The summed E-state index contributed by atoms with van der Waals surface area (Å²) in [6, 6.07) is 10.5. The fourth-order valence-electron chi connectivity index (χ4n) is 1.91. The number of rotatable bonds is 5. The molecule has 0 bridgehead atoms. The van der Waals surface area contributed by atoms with Gasteiger partial charge in [0.15, 0.2) is 0 Å². The summed E-state index contributed by atoms with van der Waals surface area (Å²) in [6.45, 7) is 2.46. The van der Waals surface area contributed by atoms with Crippen molar-refractivity contribution in [1.29, 1.82) is 0 Å². The van der Waals surface area contributed by atoms with E-state index in [-0.39, 0.29) is 5.91 Å². The van der Waals surface area contributed by atoms with Gasteiger partial charge in [-0.3, -0.25) is 4.79 Å². The molecule has 0 saturated heterocycles. The van der Waals surface area contributed by atoms with Gasteiger partial charge in [-0.25, -0.2) is 0 Å². The fraction of sp³-hybridized carbons (Fsp3) is 0.118. The van der Waals surface area contributed by atoms with Crippen molar-refractivity contribution in [3.63, 3.8) is 0 Å². The number of hydrogen-bond acceptors (Lipinski definition) is 2. The predicted molar refractivity (Wildman–Crippen MR) is 99.4 cm³/mol. The van der Waals surface area contributed by atoms with E-state index in [4.69, 9.17) is 27.9 Å². The number of hydrogen-bond donors (Lipinski definition) is 1. The molecular formula is C17H14BrCl2NO2. The van der Waals surface area contributed by atoms with E-state index in [0.29, 0.717) is 28.1 Å². The molecule has 6 heteroatoms. The second-order valence-electron chi connectivity index (χ2n) is 4.60. The number of benzene rings is 2. The zero-order chi connectivity index (χ0) is 16.8. The summed E-state index contributed by atoms with van der Waals surface area (Å²) in [5.74, 6) is 0.427. The summed E-state index contributed by atoms with van der Waals surface area (Å²) in [4.78, 5) is 12.0. The summed E-state index contributed by atoms with van der Waals surface area (Å²) in [5.41, 5.74) is 1.34. The third-order valence-corrected chi connectivity index (χ3v) is 3.75. The Morgan fingerprint density at radius 2 is 1.91 bits per heavy atom. The largest absolute Gasteiger partial charge is 0.493 e. The van der Waals surface area contributed by atoms with Crippen LogP contribution in [0.3, 0.4) is 0 Å². The van der Waals surface area contributed by atoms with Gasteiger partial charge in [-0.2, -0.15) is 0 Å². The van der Waals surface area contributed by atoms with Crippen LogP contribution in [0.4, 0.5) is 5.69 Å². The quantitative estimate of drug-likeness (QED) is 0.627. The van der Waals surface area contributed by atoms with Gasteiger partial charge in [-0.1, -0.05) is 39.1 Å². The van der Waals surface area contributed by atoms with Gasteiger partial charge in [0.2, 0.25) is 5.91 Å². The first kappa shape index (κ1) is 17.9. The van der Waals surface area contributed by atoms with Crippen molar-refractivity contribution < 1.29 is 9.53 Å². The van der Waals surface area contributed by atoms with E-state index in [1.54, 1.807) is 24.3 Å². The van der Waals surface area contributed by atoms with Gasteiger partial charge < -0.3 is 10.1 Å². The second-order valence-corrected chi connectivity index (χ2v) is 6.38. The van der Waals surface area contributed by atoms with Crippen LogP contribution >= 0.6 is 39.1 Å². The Morgan fingerprint density at radius 1 is 1.22 bits per heavy atom. The first-order valence-electron chi connectivity index (χ1n) is 6.85. The lowest BCUT2D eigenvalue weighted by Gasteiger charge is -2.07. The van der Waals surface area contributed by atoms with Crippen LogP contribution in [-0.4, -0.2) is 12.5 Å². The van der Waals surface area contributed by atoms with Crippen LogP contribution in [0.1, 0.15) is 12.5 Å². The molecule has 2 rings (SSSR count). The van der Waals surface area contributed by atoms with Gasteiger partial charge in [0.1, 0.15) is 5.75 Å². The van der Waals surface area contributed by atoms with E-state index in [9.17, 15) is 4.79 Å². The maximum absolute atomic E-state index is 12.0. The lowest BCUT2D eigenvalue weighted by atomic mass is 10.2. The zero-order valence-corrected chi connectivity index (χ0v) is 15.4. The highest BCUT2D eigenvalue weighted by Crippen LogP contribution is 2.25. The molecule has 0 heterocycles. The molecule has 120 valence electrons. The van der Waals surface area contributed by atoms with Gasteiger partial charge in [-0.05, 0) is 49.4 Å². The number of anilines is 1. The van der Waals surface area contributed by atoms with Crippen LogP contribution in [0.25, 0.3) is 6.08 Å². The van der Waals surface area contributed by atoms with E-state index in [0.717, 1.165) is 10.0 Å². The van der Waals surface area contributed by atoms with Crippen molar-refractivity contribution in [2.75, 3.05) is 11.9 Å². The number of halogens is 3. The van der Waals surface area contributed by atoms with E-state index in [1.165, 1.54) is 6.08 Å². The molecule has 0 atom stereocenters. The summed E-state index contributed by atoms with van der Waals surface area (Å²) in [5, 5.41) is 3.63. The van der Waals surface area contributed by atoms with E-state index < -0.39 is 0 Å². The first-order chi connectivity index (χ1) is 11.0. The lowest BCUT2D eigenvalue weighted by Crippen LogP contribution is -2.07. The van der Waals surface area contributed by atoms with Crippen molar-refractivity contribution in [2.24, 2.45) is 0 Å². The molecule has 0 unspecified atom stereocenters. The normalized spacial score (nSPS) is 10.8. The topological polar surface area (TPSA) is 38.3 Å². The zero-order valence-electron chi connectivity index (χ0n) is 12.3. The summed E-state index contributed by atoms with van der Waals surface area (Å²) in [6.07, 6.45) is 3.12. The van der Waals surface area contributed by atoms with Gasteiger partial charge in [-0.15, -0.1) is 0 Å².